The second-order valence-electron chi connectivity index (χ2n) is 5.35. The first-order chi connectivity index (χ1) is 11.9. The normalized spacial score (nSPS) is 10.4. The molecule has 1 aromatic carbocycles. The Morgan fingerprint density at radius 2 is 1.80 bits per heavy atom. The summed E-state index contributed by atoms with van der Waals surface area (Å²) < 4.78 is 4.71. The second-order valence-corrected chi connectivity index (χ2v) is 7.25. The van der Waals surface area contributed by atoms with E-state index in [2.05, 4.69) is 0 Å². The molecule has 7 heteroatoms. The smallest absolute Gasteiger partial charge is 0.325 e. The quantitative estimate of drug-likeness (QED) is 0.722. The first-order valence-electron chi connectivity index (χ1n) is 7.58. The molecule has 2 aromatic rings. The number of nitrogens with zero attached hydrogens (tertiary/aromatic N) is 1. The van der Waals surface area contributed by atoms with E-state index < -0.39 is 5.97 Å². The molecule has 1 aromatic heterocycles. The summed E-state index contributed by atoms with van der Waals surface area (Å²) in [7, 11) is 1.28. The van der Waals surface area contributed by atoms with Gasteiger partial charge in [0.2, 0.25) is 11.0 Å². The van der Waals surface area contributed by atoms with Gasteiger partial charge in [0.15, 0.2) is 0 Å². The number of esters is 1. The molecule has 2 rings (SSSR count). The number of hydrogen-bond donors (Lipinski definition) is 0. The molecule has 5 nitrogen and oxygen atoms in total. The lowest BCUT2D eigenvalue weighted by atomic mass is 10.1. The van der Waals surface area contributed by atoms with Crippen LogP contribution in [0.1, 0.15) is 20.8 Å². The number of para-hydroxylation sites is 1. The maximum Gasteiger partial charge on any atom is 0.325 e. The Bertz CT molecular complexity index is 751. The fourth-order valence-electron chi connectivity index (χ4n) is 2.39. The van der Waals surface area contributed by atoms with Gasteiger partial charge in [-0.25, -0.2) is 0 Å². The Kier molecular flexibility index (Phi) is 6.78. The van der Waals surface area contributed by atoms with Crippen molar-refractivity contribution in [3.05, 3.63) is 51.7 Å². The van der Waals surface area contributed by atoms with Crippen molar-refractivity contribution in [2.45, 2.75) is 13.8 Å². The molecule has 0 saturated carbocycles. The lowest BCUT2D eigenvalue weighted by Gasteiger charge is -2.25. The summed E-state index contributed by atoms with van der Waals surface area (Å²) in [6.07, 6.45) is 0. The van der Waals surface area contributed by atoms with Gasteiger partial charge < -0.3 is 4.74 Å². The number of anilines is 1. The first kappa shape index (κ1) is 19.2. The fourth-order valence-corrected chi connectivity index (χ4v) is 3.89. The minimum Gasteiger partial charge on any atom is -0.468 e. The number of carbonyl (C=O) groups is 3. The van der Waals surface area contributed by atoms with Gasteiger partial charge in [0, 0.05) is 0 Å². The molecular formula is C18H19NO4S2. The zero-order valence-electron chi connectivity index (χ0n) is 14.3. The van der Waals surface area contributed by atoms with Gasteiger partial charge in [-0.1, -0.05) is 36.0 Å². The highest BCUT2D eigenvalue weighted by molar-refractivity contribution is 8.14. The standard InChI is InChI=1S/C18H19NO4S2/c1-12-6-4-7-13(2)17(12)19(10-16(21)23-3)15(20)11-25-18(22)14-8-5-9-24-14/h4-9H,10-11H2,1-3H3. The number of methoxy groups -OCH3 is 1. The van der Waals surface area contributed by atoms with Gasteiger partial charge in [-0.2, -0.15) is 0 Å². The summed E-state index contributed by atoms with van der Waals surface area (Å²) in [5.41, 5.74) is 2.45. The third-order valence-electron chi connectivity index (χ3n) is 3.57. The average Bonchev–Trinajstić information content (AvgIpc) is 3.12. The van der Waals surface area contributed by atoms with Gasteiger partial charge in [-0.05, 0) is 36.4 Å². The molecule has 0 spiro atoms. The number of aryl methyl sites for hydroxylation is 2. The number of rotatable bonds is 6. The van der Waals surface area contributed by atoms with Gasteiger partial charge >= 0.3 is 5.97 Å². The van der Waals surface area contributed by atoms with Crippen LogP contribution in [0.15, 0.2) is 35.7 Å². The van der Waals surface area contributed by atoms with Crippen LogP contribution < -0.4 is 4.90 Å². The molecule has 0 atom stereocenters. The van der Waals surface area contributed by atoms with Gasteiger partial charge in [-0.15, -0.1) is 11.3 Å². The lowest BCUT2D eigenvalue weighted by molar-refractivity contribution is -0.139. The third-order valence-corrected chi connectivity index (χ3v) is 5.45. The van der Waals surface area contributed by atoms with Crippen LogP contribution in [0.3, 0.4) is 0 Å². The van der Waals surface area contributed by atoms with Crippen molar-refractivity contribution >= 4 is 45.8 Å². The van der Waals surface area contributed by atoms with Crippen LogP contribution in [0.2, 0.25) is 0 Å². The number of amides is 1. The van der Waals surface area contributed by atoms with Crippen LogP contribution in [0.5, 0.6) is 0 Å². The van der Waals surface area contributed by atoms with E-state index in [0.717, 1.165) is 22.9 Å². The molecule has 0 aliphatic rings. The maximum absolute atomic E-state index is 12.7. The Labute approximate surface area is 155 Å². The van der Waals surface area contributed by atoms with Crippen LogP contribution in [0.4, 0.5) is 5.69 Å². The highest BCUT2D eigenvalue weighted by Gasteiger charge is 2.23. The van der Waals surface area contributed by atoms with Crippen molar-refractivity contribution < 1.29 is 19.1 Å². The highest BCUT2D eigenvalue weighted by atomic mass is 32.2. The van der Waals surface area contributed by atoms with Crippen molar-refractivity contribution in [3.8, 4) is 0 Å². The van der Waals surface area contributed by atoms with Gasteiger partial charge in [0.1, 0.15) is 6.54 Å². The molecule has 132 valence electrons. The number of ether oxygens (including phenoxy) is 1. The lowest BCUT2D eigenvalue weighted by Crippen LogP contribution is -2.38. The highest BCUT2D eigenvalue weighted by Crippen LogP contribution is 2.26. The minimum absolute atomic E-state index is 0.0402. The minimum atomic E-state index is -0.509. The maximum atomic E-state index is 12.7. The van der Waals surface area contributed by atoms with Gasteiger partial charge in [0.25, 0.3) is 0 Å². The zero-order valence-corrected chi connectivity index (χ0v) is 15.9. The predicted molar refractivity (Wildman–Crippen MR) is 101 cm³/mol. The Hall–Kier alpha value is -2.12. The van der Waals surface area contributed by atoms with E-state index in [1.807, 2.05) is 37.4 Å². The summed E-state index contributed by atoms with van der Waals surface area (Å²) in [6.45, 7) is 3.57. The van der Waals surface area contributed by atoms with E-state index >= 15 is 0 Å². The number of thioether (sulfide) groups is 1. The number of carbonyl (C=O) groups excluding carboxylic acids is 3. The average molecular weight is 377 g/mol. The SMILES string of the molecule is COC(=O)CN(C(=O)CSC(=O)c1cccs1)c1c(C)cccc1C. The Morgan fingerprint density at radius 1 is 1.12 bits per heavy atom. The van der Waals surface area contributed by atoms with E-state index in [9.17, 15) is 14.4 Å². The molecule has 1 amide bonds. The van der Waals surface area contributed by atoms with Crippen LogP contribution in [-0.4, -0.2) is 36.4 Å². The van der Waals surface area contributed by atoms with E-state index in [-0.39, 0.29) is 23.3 Å². The Morgan fingerprint density at radius 3 is 2.36 bits per heavy atom. The van der Waals surface area contributed by atoms with E-state index in [0.29, 0.717) is 10.6 Å². The fraction of sp³-hybridized carbons (Fsp3) is 0.278. The number of benzene rings is 1. The van der Waals surface area contributed by atoms with Crippen LogP contribution in [0, 0.1) is 13.8 Å². The molecule has 25 heavy (non-hydrogen) atoms. The molecule has 0 bridgehead atoms. The topological polar surface area (TPSA) is 63.7 Å². The largest absolute Gasteiger partial charge is 0.468 e. The monoisotopic (exact) mass is 377 g/mol. The van der Waals surface area contributed by atoms with E-state index in [1.165, 1.54) is 23.3 Å². The molecule has 0 N–H and O–H groups in total. The zero-order chi connectivity index (χ0) is 18.4. The molecule has 0 aliphatic heterocycles. The van der Waals surface area contributed by atoms with E-state index in [4.69, 9.17) is 4.74 Å². The molecule has 0 saturated heterocycles. The third kappa shape index (κ3) is 4.93. The van der Waals surface area contributed by atoms with Crippen molar-refractivity contribution in [3.63, 3.8) is 0 Å². The molecule has 0 fully saturated rings. The molecule has 0 radical (unpaired) electrons. The van der Waals surface area contributed by atoms with Crippen LogP contribution in [-0.2, 0) is 14.3 Å². The van der Waals surface area contributed by atoms with Crippen molar-refractivity contribution in [2.75, 3.05) is 24.3 Å². The predicted octanol–water partition coefficient (Wildman–Crippen LogP) is 3.44. The van der Waals surface area contributed by atoms with Crippen molar-refractivity contribution in [1.29, 1.82) is 0 Å². The van der Waals surface area contributed by atoms with Crippen LogP contribution in [0.25, 0.3) is 0 Å². The molecular weight excluding hydrogens is 358 g/mol. The molecule has 0 aliphatic carbocycles. The van der Waals surface area contributed by atoms with Crippen LogP contribution >= 0.6 is 23.1 Å². The van der Waals surface area contributed by atoms with E-state index in [1.54, 1.807) is 12.1 Å². The van der Waals surface area contributed by atoms with Gasteiger partial charge in [0.05, 0.1) is 23.4 Å². The number of thiophene rings is 1. The second kappa shape index (κ2) is 8.82. The summed E-state index contributed by atoms with van der Waals surface area (Å²) in [4.78, 5) is 38.6. The number of hydrogen-bond acceptors (Lipinski definition) is 6. The van der Waals surface area contributed by atoms with Gasteiger partial charge in [-0.3, -0.25) is 19.3 Å². The Balaban J connectivity index is 2.18. The summed E-state index contributed by atoms with van der Waals surface area (Å²) in [5, 5.41) is 1.67. The van der Waals surface area contributed by atoms with Crippen molar-refractivity contribution in [1.82, 2.24) is 0 Å². The molecule has 1 heterocycles. The van der Waals surface area contributed by atoms with Crippen molar-refractivity contribution in [2.24, 2.45) is 0 Å². The summed E-state index contributed by atoms with van der Waals surface area (Å²) in [6, 6.07) is 9.17. The molecule has 0 unspecified atom stereocenters. The summed E-state index contributed by atoms with van der Waals surface area (Å²) in [5.74, 6) is -0.857. The summed E-state index contributed by atoms with van der Waals surface area (Å²) >= 11 is 2.28. The first-order valence-corrected chi connectivity index (χ1v) is 9.44.